The first kappa shape index (κ1) is 12.6. The van der Waals surface area contributed by atoms with Crippen molar-refractivity contribution in [3.63, 3.8) is 0 Å². The number of rotatable bonds is 3. The minimum atomic E-state index is 0.156. The van der Waals surface area contributed by atoms with Gasteiger partial charge in [-0.15, -0.1) is 0 Å². The SMILES string of the molecule is CN1CCN=C1NCCN1CCOCC1(C)C. The van der Waals surface area contributed by atoms with Gasteiger partial charge in [0.15, 0.2) is 5.96 Å². The third kappa shape index (κ3) is 3.10. The summed E-state index contributed by atoms with van der Waals surface area (Å²) in [6.45, 7) is 11.1. The second-order valence-electron chi connectivity index (χ2n) is 5.41. The van der Waals surface area contributed by atoms with E-state index in [4.69, 9.17) is 4.74 Å². The number of hydrogen-bond acceptors (Lipinski definition) is 5. The summed E-state index contributed by atoms with van der Waals surface area (Å²) < 4.78 is 5.52. The molecule has 17 heavy (non-hydrogen) atoms. The van der Waals surface area contributed by atoms with Crippen LogP contribution in [0.2, 0.25) is 0 Å². The molecule has 1 saturated heterocycles. The van der Waals surface area contributed by atoms with E-state index in [9.17, 15) is 0 Å². The molecule has 0 unspecified atom stereocenters. The molecule has 2 aliphatic rings. The van der Waals surface area contributed by atoms with Gasteiger partial charge in [-0.25, -0.2) is 0 Å². The lowest BCUT2D eigenvalue weighted by molar-refractivity contribution is -0.0496. The van der Waals surface area contributed by atoms with Crippen molar-refractivity contribution in [3.8, 4) is 0 Å². The van der Waals surface area contributed by atoms with Crippen LogP contribution in [0.15, 0.2) is 4.99 Å². The van der Waals surface area contributed by atoms with Crippen LogP contribution in [0.5, 0.6) is 0 Å². The lowest BCUT2D eigenvalue weighted by atomic mass is 10.0. The molecule has 1 N–H and O–H groups in total. The van der Waals surface area contributed by atoms with Crippen LogP contribution in [0.25, 0.3) is 0 Å². The Labute approximate surface area is 104 Å². The summed E-state index contributed by atoms with van der Waals surface area (Å²) in [5.74, 6) is 1.04. The van der Waals surface area contributed by atoms with E-state index < -0.39 is 0 Å². The van der Waals surface area contributed by atoms with E-state index in [1.807, 2.05) is 0 Å². The maximum absolute atomic E-state index is 5.52. The summed E-state index contributed by atoms with van der Waals surface area (Å²) in [6, 6.07) is 0. The molecular formula is C12H24N4O. The van der Waals surface area contributed by atoms with Gasteiger partial charge in [-0.05, 0) is 13.8 Å². The molecule has 0 aromatic heterocycles. The van der Waals surface area contributed by atoms with Gasteiger partial charge in [0.1, 0.15) is 0 Å². The largest absolute Gasteiger partial charge is 0.378 e. The molecule has 0 atom stereocenters. The van der Waals surface area contributed by atoms with Crippen molar-refractivity contribution in [3.05, 3.63) is 0 Å². The Morgan fingerprint density at radius 1 is 1.41 bits per heavy atom. The molecule has 2 rings (SSSR count). The predicted molar refractivity (Wildman–Crippen MR) is 69.4 cm³/mol. The van der Waals surface area contributed by atoms with E-state index in [2.05, 4.69) is 41.0 Å². The summed E-state index contributed by atoms with van der Waals surface area (Å²) in [5, 5.41) is 3.41. The van der Waals surface area contributed by atoms with Crippen LogP contribution >= 0.6 is 0 Å². The molecule has 1 fully saturated rings. The second-order valence-corrected chi connectivity index (χ2v) is 5.41. The average molecular weight is 240 g/mol. The minimum Gasteiger partial charge on any atom is -0.378 e. The zero-order chi connectivity index (χ0) is 12.3. The Balaban J connectivity index is 1.74. The summed E-state index contributed by atoms with van der Waals surface area (Å²) in [7, 11) is 2.08. The molecule has 0 radical (unpaired) electrons. The second kappa shape index (κ2) is 5.23. The lowest BCUT2D eigenvalue weighted by Crippen LogP contribution is -2.55. The van der Waals surface area contributed by atoms with E-state index in [-0.39, 0.29) is 5.54 Å². The Kier molecular flexibility index (Phi) is 3.89. The molecule has 0 saturated carbocycles. The molecule has 0 aromatic carbocycles. The molecule has 2 heterocycles. The van der Waals surface area contributed by atoms with E-state index in [1.54, 1.807) is 0 Å². The maximum Gasteiger partial charge on any atom is 0.193 e. The van der Waals surface area contributed by atoms with Crippen LogP contribution in [0.3, 0.4) is 0 Å². The van der Waals surface area contributed by atoms with Gasteiger partial charge in [-0.1, -0.05) is 0 Å². The Morgan fingerprint density at radius 2 is 2.24 bits per heavy atom. The van der Waals surface area contributed by atoms with E-state index in [0.717, 1.165) is 51.9 Å². The van der Waals surface area contributed by atoms with Crippen LogP contribution in [0.4, 0.5) is 0 Å². The molecule has 0 bridgehead atoms. The third-order valence-electron chi connectivity index (χ3n) is 3.54. The molecule has 2 aliphatic heterocycles. The summed E-state index contributed by atoms with van der Waals surface area (Å²) in [5.41, 5.74) is 0.156. The lowest BCUT2D eigenvalue weighted by Gasteiger charge is -2.42. The van der Waals surface area contributed by atoms with Crippen molar-refractivity contribution >= 4 is 5.96 Å². The van der Waals surface area contributed by atoms with Crippen LogP contribution < -0.4 is 5.32 Å². The quantitative estimate of drug-likeness (QED) is 0.753. The van der Waals surface area contributed by atoms with E-state index in [1.165, 1.54) is 0 Å². The van der Waals surface area contributed by atoms with Crippen LogP contribution in [-0.4, -0.2) is 74.3 Å². The van der Waals surface area contributed by atoms with Gasteiger partial charge < -0.3 is 15.0 Å². The standard InChI is InChI=1S/C12H24N4O/c1-12(2)10-17-9-8-16(12)7-5-14-11-13-4-6-15(11)3/h4-10H2,1-3H3,(H,13,14). The maximum atomic E-state index is 5.52. The Hall–Kier alpha value is -0.810. The van der Waals surface area contributed by atoms with Crippen molar-refractivity contribution in [2.75, 3.05) is 53.0 Å². The molecule has 5 heteroatoms. The number of guanidine groups is 1. The van der Waals surface area contributed by atoms with E-state index >= 15 is 0 Å². The fourth-order valence-electron chi connectivity index (χ4n) is 2.33. The number of morpholine rings is 1. The average Bonchev–Trinajstić information content (AvgIpc) is 2.67. The molecule has 0 aliphatic carbocycles. The Morgan fingerprint density at radius 3 is 2.88 bits per heavy atom. The van der Waals surface area contributed by atoms with Gasteiger partial charge in [0.25, 0.3) is 0 Å². The Bertz CT molecular complexity index is 290. The van der Waals surface area contributed by atoms with E-state index in [0.29, 0.717) is 0 Å². The number of nitrogens with one attached hydrogen (secondary N) is 1. The van der Waals surface area contributed by atoms with Crippen molar-refractivity contribution in [2.45, 2.75) is 19.4 Å². The normalized spacial score (nSPS) is 24.9. The zero-order valence-corrected chi connectivity index (χ0v) is 11.2. The molecule has 98 valence electrons. The van der Waals surface area contributed by atoms with Crippen molar-refractivity contribution in [1.82, 2.24) is 15.1 Å². The van der Waals surface area contributed by atoms with Crippen molar-refractivity contribution in [1.29, 1.82) is 0 Å². The van der Waals surface area contributed by atoms with Crippen molar-refractivity contribution < 1.29 is 4.74 Å². The molecule has 0 spiro atoms. The first-order valence-electron chi connectivity index (χ1n) is 6.42. The van der Waals surface area contributed by atoms with Crippen LogP contribution in [0, 0.1) is 0 Å². The van der Waals surface area contributed by atoms with Gasteiger partial charge in [-0.2, -0.15) is 0 Å². The number of nitrogens with zero attached hydrogens (tertiary/aromatic N) is 3. The predicted octanol–water partition coefficient (Wildman–Crippen LogP) is -0.0118. The molecule has 0 aromatic rings. The smallest absolute Gasteiger partial charge is 0.193 e. The first-order valence-corrected chi connectivity index (χ1v) is 6.42. The summed E-state index contributed by atoms with van der Waals surface area (Å²) in [6.07, 6.45) is 0. The highest BCUT2D eigenvalue weighted by molar-refractivity contribution is 5.81. The van der Waals surface area contributed by atoms with Gasteiger partial charge in [0, 0.05) is 38.8 Å². The van der Waals surface area contributed by atoms with Gasteiger partial charge in [0.2, 0.25) is 0 Å². The van der Waals surface area contributed by atoms with Crippen molar-refractivity contribution in [2.24, 2.45) is 4.99 Å². The number of likely N-dealkylation sites (N-methyl/N-ethyl adjacent to an activating group) is 1. The summed E-state index contributed by atoms with van der Waals surface area (Å²) in [4.78, 5) is 9.08. The first-order chi connectivity index (χ1) is 8.09. The number of aliphatic imine (C=N–C) groups is 1. The van der Waals surface area contributed by atoms with Gasteiger partial charge in [0.05, 0.1) is 19.8 Å². The molecular weight excluding hydrogens is 216 g/mol. The highest BCUT2D eigenvalue weighted by atomic mass is 16.5. The van der Waals surface area contributed by atoms with Gasteiger partial charge >= 0.3 is 0 Å². The molecule has 0 amide bonds. The topological polar surface area (TPSA) is 40.1 Å². The van der Waals surface area contributed by atoms with Gasteiger partial charge in [-0.3, -0.25) is 9.89 Å². The number of ether oxygens (including phenoxy) is 1. The zero-order valence-electron chi connectivity index (χ0n) is 11.2. The fraction of sp³-hybridized carbons (Fsp3) is 0.917. The molecule has 5 nitrogen and oxygen atoms in total. The fourth-order valence-corrected chi connectivity index (χ4v) is 2.33. The highest BCUT2D eigenvalue weighted by Crippen LogP contribution is 2.17. The van der Waals surface area contributed by atoms with Crippen LogP contribution in [0.1, 0.15) is 13.8 Å². The highest BCUT2D eigenvalue weighted by Gasteiger charge is 2.29. The number of hydrogen-bond donors (Lipinski definition) is 1. The minimum absolute atomic E-state index is 0.156. The monoisotopic (exact) mass is 240 g/mol. The third-order valence-corrected chi connectivity index (χ3v) is 3.54. The van der Waals surface area contributed by atoms with Crippen LogP contribution in [-0.2, 0) is 4.74 Å². The summed E-state index contributed by atoms with van der Waals surface area (Å²) >= 11 is 0.